The van der Waals surface area contributed by atoms with Crippen LogP contribution in [0.4, 0.5) is 0 Å². The summed E-state index contributed by atoms with van der Waals surface area (Å²) in [7, 11) is 0. The fourth-order valence-corrected chi connectivity index (χ4v) is 2.40. The third-order valence-corrected chi connectivity index (χ3v) is 3.76. The molecule has 18 heavy (non-hydrogen) atoms. The topological polar surface area (TPSA) is 62.2 Å². The summed E-state index contributed by atoms with van der Waals surface area (Å²) in [6.45, 7) is 6.51. The van der Waals surface area contributed by atoms with Crippen LogP contribution in [0, 0.1) is 0 Å². The highest BCUT2D eigenvalue weighted by Gasteiger charge is 2.10. The number of hydrogen-bond acceptors (Lipinski definition) is 4. The minimum absolute atomic E-state index is 0.0780. The first-order chi connectivity index (χ1) is 8.52. The minimum Gasteiger partial charge on any atom is -0.391 e. The van der Waals surface area contributed by atoms with Crippen LogP contribution < -0.4 is 5.32 Å². The Kier molecular flexibility index (Phi) is 6.29. The van der Waals surface area contributed by atoms with Gasteiger partial charge in [0, 0.05) is 17.8 Å². The summed E-state index contributed by atoms with van der Waals surface area (Å²) < 4.78 is 0. The van der Waals surface area contributed by atoms with E-state index >= 15 is 0 Å². The maximum atomic E-state index is 11.6. The average molecular weight is 270 g/mol. The molecule has 1 amide bonds. The summed E-state index contributed by atoms with van der Waals surface area (Å²) in [6.07, 6.45) is 1.48. The van der Waals surface area contributed by atoms with Gasteiger partial charge in [-0.2, -0.15) is 0 Å². The second kappa shape index (κ2) is 7.48. The van der Waals surface area contributed by atoms with Gasteiger partial charge in [-0.05, 0) is 6.42 Å². The zero-order valence-electron chi connectivity index (χ0n) is 11.3. The number of carbonyl (C=O) groups is 1. The zero-order chi connectivity index (χ0) is 13.5. The van der Waals surface area contributed by atoms with E-state index in [0.717, 1.165) is 17.1 Å². The molecule has 0 saturated heterocycles. The molecule has 0 aliphatic heterocycles. The summed E-state index contributed by atoms with van der Waals surface area (Å²) in [6, 6.07) is 0. The number of hydrogen-bond donors (Lipinski definition) is 2. The van der Waals surface area contributed by atoms with Crippen molar-refractivity contribution in [2.45, 2.75) is 52.1 Å². The van der Waals surface area contributed by atoms with Crippen molar-refractivity contribution in [2.75, 3.05) is 6.54 Å². The predicted molar refractivity (Wildman–Crippen MR) is 73.8 cm³/mol. The van der Waals surface area contributed by atoms with E-state index in [0.29, 0.717) is 25.3 Å². The lowest BCUT2D eigenvalue weighted by atomic mass is 10.2. The lowest BCUT2D eigenvalue weighted by molar-refractivity contribution is -0.120. The standard InChI is InChI=1S/C13H22N2O2S/c1-4-5-11(16)7-14-12(17)6-10-8-18-13(15-10)9(2)3/h8-9,11,16H,4-7H2,1-3H3,(H,14,17). The van der Waals surface area contributed by atoms with Gasteiger partial charge in [-0.15, -0.1) is 11.3 Å². The van der Waals surface area contributed by atoms with Gasteiger partial charge >= 0.3 is 0 Å². The molecule has 0 saturated carbocycles. The molecule has 1 heterocycles. The van der Waals surface area contributed by atoms with Gasteiger partial charge in [-0.1, -0.05) is 27.2 Å². The van der Waals surface area contributed by atoms with Gasteiger partial charge in [-0.3, -0.25) is 4.79 Å². The SMILES string of the molecule is CCCC(O)CNC(=O)Cc1csc(C(C)C)n1. The first-order valence-corrected chi connectivity index (χ1v) is 7.30. The van der Waals surface area contributed by atoms with Crippen LogP contribution >= 0.6 is 11.3 Å². The van der Waals surface area contributed by atoms with E-state index in [1.807, 2.05) is 12.3 Å². The van der Waals surface area contributed by atoms with E-state index in [1.165, 1.54) is 0 Å². The normalized spacial score (nSPS) is 12.7. The molecule has 0 bridgehead atoms. The number of nitrogens with one attached hydrogen (secondary N) is 1. The third kappa shape index (κ3) is 5.14. The summed E-state index contributed by atoms with van der Waals surface area (Å²) in [5, 5.41) is 15.2. The monoisotopic (exact) mass is 270 g/mol. The molecule has 1 aromatic rings. The molecule has 2 N–H and O–H groups in total. The van der Waals surface area contributed by atoms with Crippen molar-refractivity contribution < 1.29 is 9.90 Å². The Morgan fingerprint density at radius 3 is 2.83 bits per heavy atom. The quantitative estimate of drug-likeness (QED) is 0.797. The van der Waals surface area contributed by atoms with Gasteiger partial charge in [0.15, 0.2) is 0 Å². The Bertz CT molecular complexity index is 377. The van der Waals surface area contributed by atoms with E-state index < -0.39 is 6.10 Å². The van der Waals surface area contributed by atoms with Crippen LogP contribution in [0.15, 0.2) is 5.38 Å². The molecular weight excluding hydrogens is 248 g/mol. The Hall–Kier alpha value is -0.940. The van der Waals surface area contributed by atoms with Crippen LogP contribution in [0.1, 0.15) is 50.2 Å². The van der Waals surface area contributed by atoms with E-state index in [9.17, 15) is 9.90 Å². The van der Waals surface area contributed by atoms with Gasteiger partial charge in [0.1, 0.15) is 0 Å². The number of carbonyl (C=O) groups excluding carboxylic acids is 1. The van der Waals surface area contributed by atoms with Crippen LogP contribution in [-0.2, 0) is 11.2 Å². The molecule has 4 nitrogen and oxygen atoms in total. The summed E-state index contributed by atoms with van der Waals surface area (Å²) in [5.74, 6) is 0.323. The van der Waals surface area contributed by atoms with Gasteiger partial charge in [0.05, 0.1) is 23.2 Å². The zero-order valence-corrected chi connectivity index (χ0v) is 12.1. The second-order valence-electron chi connectivity index (χ2n) is 4.76. The van der Waals surface area contributed by atoms with Gasteiger partial charge in [0.2, 0.25) is 5.91 Å². The third-order valence-electron chi connectivity index (χ3n) is 2.56. The van der Waals surface area contributed by atoms with E-state index in [4.69, 9.17) is 0 Å². The number of rotatable bonds is 7. The number of thiazole rings is 1. The molecule has 1 rings (SSSR count). The van der Waals surface area contributed by atoms with Crippen molar-refractivity contribution in [1.82, 2.24) is 10.3 Å². The van der Waals surface area contributed by atoms with Gasteiger partial charge in [-0.25, -0.2) is 4.98 Å². The molecule has 0 spiro atoms. The van der Waals surface area contributed by atoms with Crippen molar-refractivity contribution in [1.29, 1.82) is 0 Å². The van der Waals surface area contributed by atoms with E-state index in [2.05, 4.69) is 24.1 Å². The Morgan fingerprint density at radius 2 is 2.28 bits per heavy atom. The number of aliphatic hydroxyl groups is 1. The molecule has 1 unspecified atom stereocenters. The summed E-state index contributed by atoms with van der Waals surface area (Å²) >= 11 is 1.59. The molecule has 0 fully saturated rings. The minimum atomic E-state index is -0.444. The molecule has 0 radical (unpaired) electrons. The van der Waals surface area contributed by atoms with Crippen LogP contribution in [0.2, 0.25) is 0 Å². The smallest absolute Gasteiger partial charge is 0.226 e. The summed E-state index contributed by atoms with van der Waals surface area (Å²) in [5.41, 5.74) is 0.811. The molecule has 0 aromatic carbocycles. The lowest BCUT2D eigenvalue weighted by Crippen LogP contribution is -2.33. The Labute approximate surface area is 112 Å². The first-order valence-electron chi connectivity index (χ1n) is 6.42. The van der Waals surface area contributed by atoms with Crippen molar-refractivity contribution >= 4 is 17.2 Å². The van der Waals surface area contributed by atoms with Crippen LogP contribution in [0.25, 0.3) is 0 Å². The van der Waals surface area contributed by atoms with Crippen molar-refractivity contribution in [3.8, 4) is 0 Å². The maximum Gasteiger partial charge on any atom is 0.226 e. The summed E-state index contributed by atoms with van der Waals surface area (Å²) in [4.78, 5) is 16.1. The van der Waals surface area contributed by atoms with Crippen LogP contribution in [0.3, 0.4) is 0 Å². The fraction of sp³-hybridized carbons (Fsp3) is 0.692. The lowest BCUT2D eigenvalue weighted by Gasteiger charge is -2.09. The van der Waals surface area contributed by atoms with Crippen LogP contribution in [-0.4, -0.2) is 28.6 Å². The van der Waals surface area contributed by atoms with Crippen molar-refractivity contribution in [2.24, 2.45) is 0 Å². The van der Waals surface area contributed by atoms with E-state index in [1.54, 1.807) is 11.3 Å². The first kappa shape index (κ1) is 15.1. The number of amides is 1. The highest BCUT2D eigenvalue weighted by Crippen LogP contribution is 2.19. The molecular formula is C13H22N2O2S. The van der Waals surface area contributed by atoms with Crippen molar-refractivity contribution in [3.63, 3.8) is 0 Å². The van der Waals surface area contributed by atoms with Gasteiger partial charge < -0.3 is 10.4 Å². The van der Waals surface area contributed by atoms with Crippen molar-refractivity contribution in [3.05, 3.63) is 16.1 Å². The van der Waals surface area contributed by atoms with E-state index in [-0.39, 0.29) is 5.91 Å². The van der Waals surface area contributed by atoms with Crippen LogP contribution in [0.5, 0.6) is 0 Å². The fourth-order valence-electron chi connectivity index (χ4n) is 1.56. The predicted octanol–water partition coefficient (Wildman–Crippen LogP) is 2.09. The molecule has 102 valence electrons. The molecule has 0 aliphatic rings. The number of aliphatic hydroxyl groups excluding tert-OH is 1. The second-order valence-corrected chi connectivity index (χ2v) is 5.64. The number of nitrogens with zero attached hydrogens (tertiary/aromatic N) is 1. The molecule has 5 heteroatoms. The number of aromatic nitrogens is 1. The Morgan fingerprint density at radius 1 is 1.56 bits per heavy atom. The highest BCUT2D eigenvalue weighted by molar-refractivity contribution is 7.09. The molecule has 0 aliphatic carbocycles. The maximum absolute atomic E-state index is 11.6. The largest absolute Gasteiger partial charge is 0.391 e. The highest BCUT2D eigenvalue weighted by atomic mass is 32.1. The van der Waals surface area contributed by atoms with Gasteiger partial charge in [0.25, 0.3) is 0 Å². The molecule has 1 atom stereocenters. The molecule has 1 aromatic heterocycles. The average Bonchev–Trinajstić information content (AvgIpc) is 2.75. The Balaban J connectivity index is 2.35.